The maximum Gasteiger partial charge on any atom is 0.128 e. The second-order valence-electron chi connectivity index (χ2n) is 4.40. The first kappa shape index (κ1) is 14.9. The van der Waals surface area contributed by atoms with E-state index in [4.69, 9.17) is 5.73 Å². The van der Waals surface area contributed by atoms with Crippen LogP contribution in [-0.4, -0.2) is 36.1 Å². The summed E-state index contributed by atoms with van der Waals surface area (Å²) in [6, 6.07) is 4.31. The van der Waals surface area contributed by atoms with Crippen molar-refractivity contribution >= 4 is 5.82 Å². The number of hydrogen-bond acceptors (Lipinski definition) is 4. The van der Waals surface area contributed by atoms with Crippen LogP contribution in [-0.2, 0) is 0 Å². The Hall–Kier alpha value is -1.13. The van der Waals surface area contributed by atoms with Gasteiger partial charge in [0.15, 0.2) is 0 Å². The topological polar surface area (TPSA) is 54.2 Å². The summed E-state index contributed by atoms with van der Waals surface area (Å²) in [6.45, 7) is 10.7. The van der Waals surface area contributed by atoms with Gasteiger partial charge in [-0.3, -0.25) is 0 Å². The average molecular weight is 250 g/mol. The number of nitrogens with zero attached hydrogens (tertiary/aromatic N) is 2. The zero-order valence-corrected chi connectivity index (χ0v) is 11.8. The standard InChI is InChI=1S/C14H26N4/c1-4-16-13(9-11-18(5-2)6-3)12-8-7-10-17-14(12)15/h7-8,10,13,16H,4-6,9,11H2,1-3H3,(H2,15,17). The lowest BCUT2D eigenvalue weighted by Gasteiger charge is -2.24. The fourth-order valence-corrected chi connectivity index (χ4v) is 2.19. The molecule has 1 atom stereocenters. The van der Waals surface area contributed by atoms with Crippen molar-refractivity contribution < 1.29 is 0 Å². The molecule has 0 aliphatic rings. The fourth-order valence-electron chi connectivity index (χ4n) is 2.19. The van der Waals surface area contributed by atoms with E-state index >= 15 is 0 Å². The first-order valence-electron chi connectivity index (χ1n) is 6.88. The molecule has 1 rings (SSSR count). The van der Waals surface area contributed by atoms with E-state index in [1.807, 2.05) is 6.07 Å². The van der Waals surface area contributed by atoms with Crippen LogP contribution in [0.1, 0.15) is 38.8 Å². The van der Waals surface area contributed by atoms with Crippen LogP contribution in [0.2, 0.25) is 0 Å². The summed E-state index contributed by atoms with van der Waals surface area (Å²) in [6.07, 6.45) is 2.80. The van der Waals surface area contributed by atoms with E-state index < -0.39 is 0 Å². The molecule has 0 fully saturated rings. The van der Waals surface area contributed by atoms with Gasteiger partial charge in [0.05, 0.1) is 0 Å². The van der Waals surface area contributed by atoms with Crippen molar-refractivity contribution in [1.29, 1.82) is 0 Å². The highest BCUT2D eigenvalue weighted by Crippen LogP contribution is 2.21. The molecular formula is C14H26N4. The SMILES string of the molecule is CCNC(CCN(CC)CC)c1cccnc1N. The molecule has 1 aromatic heterocycles. The van der Waals surface area contributed by atoms with Crippen LogP contribution < -0.4 is 11.1 Å². The van der Waals surface area contributed by atoms with Crippen molar-refractivity contribution in [2.75, 3.05) is 31.9 Å². The molecule has 0 spiro atoms. The van der Waals surface area contributed by atoms with E-state index in [0.29, 0.717) is 11.9 Å². The van der Waals surface area contributed by atoms with Crippen molar-refractivity contribution in [3.8, 4) is 0 Å². The molecule has 0 saturated heterocycles. The summed E-state index contributed by atoms with van der Waals surface area (Å²) in [5.74, 6) is 0.642. The highest BCUT2D eigenvalue weighted by molar-refractivity contribution is 5.40. The lowest BCUT2D eigenvalue weighted by Crippen LogP contribution is -2.30. The number of nitrogen functional groups attached to an aromatic ring is 1. The van der Waals surface area contributed by atoms with Gasteiger partial charge in [0, 0.05) is 17.8 Å². The van der Waals surface area contributed by atoms with Gasteiger partial charge in [-0.25, -0.2) is 4.98 Å². The van der Waals surface area contributed by atoms with Gasteiger partial charge in [0.1, 0.15) is 5.82 Å². The summed E-state index contributed by atoms with van der Waals surface area (Å²) in [5.41, 5.74) is 7.08. The Morgan fingerprint density at radius 1 is 1.33 bits per heavy atom. The van der Waals surface area contributed by atoms with E-state index in [1.54, 1.807) is 6.20 Å². The quantitative estimate of drug-likeness (QED) is 0.741. The lowest BCUT2D eigenvalue weighted by atomic mass is 10.0. The van der Waals surface area contributed by atoms with E-state index in [1.165, 1.54) is 0 Å². The molecule has 0 aliphatic heterocycles. The van der Waals surface area contributed by atoms with Crippen LogP contribution in [0.25, 0.3) is 0 Å². The normalized spacial score (nSPS) is 12.9. The summed E-state index contributed by atoms with van der Waals surface area (Å²) in [5, 5.41) is 3.50. The van der Waals surface area contributed by atoms with Crippen LogP contribution in [0.4, 0.5) is 5.82 Å². The Morgan fingerprint density at radius 3 is 2.61 bits per heavy atom. The third-order valence-electron chi connectivity index (χ3n) is 3.33. The summed E-state index contributed by atoms with van der Waals surface area (Å²) < 4.78 is 0. The van der Waals surface area contributed by atoms with Crippen LogP contribution in [0.15, 0.2) is 18.3 Å². The van der Waals surface area contributed by atoms with Gasteiger partial charge < -0.3 is 16.0 Å². The molecule has 1 unspecified atom stereocenters. The molecule has 0 radical (unpaired) electrons. The van der Waals surface area contributed by atoms with Gasteiger partial charge >= 0.3 is 0 Å². The Balaban J connectivity index is 2.68. The smallest absolute Gasteiger partial charge is 0.128 e. The minimum Gasteiger partial charge on any atom is -0.383 e. The fraction of sp³-hybridized carbons (Fsp3) is 0.643. The number of hydrogen-bond donors (Lipinski definition) is 2. The highest BCUT2D eigenvalue weighted by Gasteiger charge is 2.14. The van der Waals surface area contributed by atoms with Gasteiger partial charge in [0.25, 0.3) is 0 Å². The van der Waals surface area contributed by atoms with E-state index in [9.17, 15) is 0 Å². The average Bonchev–Trinajstić information content (AvgIpc) is 2.39. The van der Waals surface area contributed by atoms with Crippen LogP contribution in [0, 0.1) is 0 Å². The van der Waals surface area contributed by atoms with Crippen molar-refractivity contribution in [3.63, 3.8) is 0 Å². The van der Waals surface area contributed by atoms with Gasteiger partial charge in [-0.05, 0) is 38.7 Å². The summed E-state index contributed by atoms with van der Waals surface area (Å²) >= 11 is 0. The molecule has 0 aliphatic carbocycles. The molecule has 4 nitrogen and oxygen atoms in total. The predicted octanol–water partition coefficient (Wildman–Crippen LogP) is 2.05. The maximum atomic E-state index is 5.96. The molecule has 0 bridgehead atoms. The lowest BCUT2D eigenvalue weighted by molar-refractivity contribution is 0.282. The van der Waals surface area contributed by atoms with E-state index in [2.05, 4.69) is 42.0 Å². The number of pyridine rings is 1. The number of aromatic nitrogens is 1. The van der Waals surface area contributed by atoms with Crippen LogP contribution >= 0.6 is 0 Å². The van der Waals surface area contributed by atoms with E-state index in [0.717, 1.165) is 38.2 Å². The third kappa shape index (κ3) is 4.27. The van der Waals surface area contributed by atoms with Crippen molar-refractivity contribution in [3.05, 3.63) is 23.9 Å². The molecule has 0 amide bonds. The van der Waals surface area contributed by atoms with Crippen LogP contribution in [0.3, 0.4) is 0 Å². The monoisotopic (exact) mass is 250 g/mol. The molecule has 1 heterocycles. The zero-order valence-electron chi connectivity index (χ0n) is 11.8. The number of anilines is 1. The first-order chi connectivity index (χ1) is 8.72. The van der Waals surface area contributed by atoms with Gasteiger partial charge in [-0.1, -0.05) is 26.8 Å². The zero-order chi connectivity index (χ0) is 13.4. The van der Waals surface area contributed by atoms with Crippen LogP contribution in [0.5, 0.6) is 0 Å². The number of nitrogens with two attached hydrogens (primary N) is 1. The largest absolute Gasteiger partial charge is 0.383 e. The van der Waals surface area contributed by atoms with E-state index in [-0.39, 0.29) is 0 Å². The number of rotatable bonds is 8. The Labute approximate surface area is 111 Å². The first-order valence-corrected chi connectivity index (χ1v) is 6.88. The van der Waals surface area contributed by atoms with Crippen molar-refractivity contribution in [2.45, 2.75) is 33.2 Å². The Morgan fingerprint density at radius 2 is 2.06 bits per heavy atom. The van der Waals surface area contributed by atoms with Crippen molar-refractivity contribution in [1.82, 2.24) is 15.2 Å². The third-order valence-corrected chi connectivity index (χ3v) is 3.33. The second-order valence-corrected chi connectivity index (χ2v) is 4.40. The Bertz CT molecular complexity index is 336. The molecule has 3 N–H and O–H groups in total. The molecule has 4 heteroatoms. The van der Waals surface area contributed by atoms with Gasteiger partial charge in [0.2, 0.25) is 0 Å². The Kier molecular flexibility index (Phi) is 6.68. The molecule has 102 valence electrons. The molecule has 1 aromatic rings. The van der Waals surface area contributed by atoms with Gasteiger partial charge in [-0.2, -0.15) is 0 Å². The van der Waals surface area contributed by atoms with Gasteiger partial charge in [-0.15, -0.1) is 0 Å². The van der Waals surface area contributed by atoms with Crippen molar-refractivity contribution in [2.24, 2.45) is 0 Å². The maximum absolute atomic E-state index is 5.96. The minimum atomic E-state index is 0.296. The number of nitrogens with one attached hydrogen (secondary N) is 1. The highest BCUT2D eigenvalue weighted by atomic mass is 15.1. The predicted molar refractivity (Wildman–Crippen MR) is 77.5 cm³/mol. The minimum absolute atomic E-state index is 0.296. The second kappa shape index (κ2) is 8.06. The molecule has 18 heavy (non-hydrogen) atoms. The summed E-state index contributed by atoms with van der Waals surface area (Å²) in [4.78, 5) is 6.60. The molecule has 0 saturated carbocycles. The molecule has 0 aromatic carbocycles. The summed E-state index contributed by atoms with van der Waals surface area (Å²) in [7, 11) is 0. The molecular weight excluding hydrogens is 224 g/mol.